The molecule has 0 aliphatic carbocycles. The first-order valence-corrected chi connectivity index (χ1v) is 5.24. The summed E-state index contributed by atoms with van der Waals surface area (Å²) in [6.45, 7) is 4.15. The van der Waals surface area contributed by atoms with Gasteiger partial charge in [0.1, 0.15) is 5.69 Å². The third-order valence-corrected chi connectivity index (χ3v) is 2.55. The minimum atomic E-state index is -0.301. The molecule has 0 aromatic carbocycles. The molecule has 1 fully saturated rings. The summed E-state index contributed by atoms with van der Waals surface area (Å²) in [5.41, 5.74) is -0.0149. The highest BCUT2D eigenvalue weighted by molar-refractivity contribution is 5.92. The van der Waals surface area contributed by atoms with Crippen molar-refractivity contribution < 1.29 is 4.79 Å². The van der Waals surface area contributed by atoms with Crippen molar-refractivity contribution in [3.05, 3.63) is 28.4 Å². The molecule has 0 unspecified atom stereocenters. The Morgan fingerprint density at radius 1 is 1.62 bits per heavy atom. The summed E-state index contributed by atoms with van der Waals surface area (Å²) >= 11 is 0. The summed E-state index contributed by atoms with van der Waals surface area (Å²) in [5, 5.41) is 3.26. The number of carbonyl (C=O) groups is 1. The van der Waals surface area contributed by atoms with Crippen molar-refractivity contribution >= 4 is 5.91 Å². The Hall–Kier alpha value is -1.69. The maximum Gasteiger partial charge on any atom is 0.274 e. The Bertz CT molecular complexity index is 422. The van der Waals surface area contributed by atoms with E-state index in [1.165, 1.54) is 6.20 Å². The third-order valence-electron chi connectivity index (χ3n) is 2.55. The molecule has 16 heavy (non-hydrogen) atoms. The minimum Gasteiger partial charge on any atom is -0.334 e. The second-order valence-electron chi connectivity index (χ2n) is 3.90. The molecular weight excluding hydrogens is 208 g/mol. The molecule has 1 aromatic heterocycles. The molecule has 2 N–H and O–H groups in total. The molecule has 6 heteroatoms. The number of piperazine rings is 1. The Labute approximate surface area is 92.7 Å². The summed E-state index contributed by atoms with van der Waals surface area (Å²) < 4.78 is 0. The number of rotatable bonds is 1. The summed E-state index contributed by atoms with van der Waals surface area (Å²) in [6.07, 6.45) is 2.48. The average molecular weight is 222 g/mol. The van der Waals surface area contributed by atoms with Crippen LogP contribution in [-0.4, -0.2) is 46.5 Å². The van der Waals surface area contributed by atoms with E-state index in [0.717, 1.165) is 12.7 Å². The standard InChI is InChI=1S/C10H14N4O2/c1-7-6-14(3-2-11-7)10(16)8-4-13-9(15)5-12-8/h4-5,7,11H,2-3,6H2,1H3,(H,13,15)/t7-/m0/s1. The van der Waals surface area contributed by atoms with Gasteiger partial charge in [-0.15, -0.1) is 0 Å². The molecule has 86 valence electrons. The highest BCUT2D eigenvalue weighted by Crippen LogP contribution is 2.03. The Morgan fingerprint density at radius 3 is 3.06 bits per heavy atom. The summed E-state index contributed by atoms with van der Waals surface area (Å²) in [5.74, 6) is -0.135. The highest BCUT2D eigenvalue weighted by Gasteiger charge is 2.22. The molecule has 1 saturated heterocycles. The van der Waals surface area contributed by atoms with Gasteiger partial charge < -0.3 is 15.2 Å². The number of nitrogens with one attached hydrogen (secondary N) is 2. The molecule has 0 saturated carbocycles. The van der Waals surface area contributed by atoms with Crippen LogP contribution in [0, 0.1) is 0 Å². The minimum absolute atomic E-state index is 0.135. The van der Waals surface area contributed by atoms with E-state index in [-0.39, 0.29) is 17.2 Å². The van der Waals surface area contributed by atoms with Gasteiger partial charge in [-0.1, -0.05) is 0 Å². The predicted octanol–water partition coefficient (Wildman–Crippen LogP) is -0.796. The van der Waals surface area contributed by atoms with Crippen LogP contribution >= 0.6 is 0 Å². The summed E-state index contributed by atoms with van der Waals surface area (Å²) in [4.78, 5) is 30.8. The van der Waals surface area contributed by atoms with Crippen LogP contribution in [0.4, 0.5) is 0 Å². The maximum atomic E-state index is 12.0. The number of carbonyl (C=O) groups excluding carboxylic acids is 1. The van der Waals surface area contributed by atoms with Gasteiger partial charge in [-0.25, -0.2) is 4.98 Å². The monoisotopic (exact) mass is 222 g/mol. The third kappa shape index (κ3) is 2.27. The van der Waals surface area contributed by atoms with Gasteiger partial charge in [-0.2, -0.15) is 0 Å². The normalized spacial score (nSPS) is 20.8. The molecule has 0 spiro atoms. The van der Waals surface area contributed by atoms with E-state index in [2.05, 4.69) is 15.3 Å². The fourth-order valence-corrected chi connectivity index (χ4v) is 1.74. The van der Waals surface area contributed by atoms with Crippen LogP contribution < -0.4 is 10.9 Å². The van der Waals surface area contributed by atoms with Crippen molar-refractivity contribution in [1.82, 2.24) is 20.2 Å². The Morgan fingerprint density at radius 2 is 2.44 bits per heavy atom. The van der Waals surface area contributed by atoms with Gasteiger partial charge in [0.05, 0.1) is 6.20 Å². The van der Waals surface area contributed by atoms with Crippen molar-refractivity contribution in [2.45, 2.75) is 13.0 Å². The van der Waals surface area contributed by atoms with Crippen LogP contribution in [0.2, 0.25) is 0 Å². The molecule has 1 aromatic rings. The molecule has 1 aliphatic rings. The zero-order valence-electron chi connectivity index (χ0n) is 9.06. The molecule has 1 atom stereocenters. The van der Waals surface area contributed by atoms with Gasteiger partial charge in [0.2, 0.25) is 0 Å². The van der Waals surface area contributed by atoms with Gasteiger partial charge >= 0.3 is 0 Å². The quantitative estimate of drug-likeness (QED) is 0.652. The lowest BCUT2D eigenvalue weighted by Crippen LogP contribution is -2.51. The van der Waals surface area contributed by atoms with Crippen LogP contribution in [0.5, 0.6) is 0 Å². The SMILES string of the molecule is C[C@H]1CN(C(=O)c2c[nH]c(=O)cn2)CCN1. The van der Waals surface area contributed by atoms with E-state index < -0.39 is 0 Å². The average Bonchev–Trinajstić information content (AvgIpc) is 2.29. The Kier molecular flexibility index (Phi) is 3.00. The van der Waals surface area contributed by atoms with E-state index in [4.69, 9.17) is 0 Å². The lowest BCUT2D eigenvalue weighted by Gasteiger charge is -2.31. The second-order valence-corrected chi connectivity index (χ2v) is 3.90. The van der Waals surface area contributed by atoms with E-state index in [1.807, 2.05) is 6.92 Å². The first-order valence-electron chi connectivity index (χ1n) is 5.24. The van der Waals surface area contributed by atoms with E-state index in [1.54, 1.807) is 4.90 Å². The number of aromatic nitrogens is 2. The lowest BCUT2D eigenvalue weighted by atomic mass is 10.2. The molecule has 0 radical (unpaired) electrons. The van der Waals surface area contributed by atoms with E-state index in [9.17, 15) is 9.59 Å². The smallest absolute Gasteiger partial charge is 0.274 e. The van der Waals surface area contributed by atoms with E-state index >= 15 is 0 Å². The van der Waals surface area contributed by atoms with Gasteiger partial charge in [0.25, 0.3) is 11.5 Å². The summed E-state index contributed by atoms with van der Waals surface area (Å²) in [7, 11) is 0. The topological polar surface area (TPSA) is 78.1 Å². The molecule has 2 heterocycles. The zero-order chi connectivity index (χ0) is 11.5. The number of H-pyrrole nitrogens is 1. The zero-order valence-corrected chi connectivity index (χ0v) is 9.06. The van der Waals surface area contributed by atoms with Gasteiger partial charge in [-0.3, -0.25) is 9.59 Å². The number of hydrogen-bond acceptors (Lipinski definition) is 4. The van der Waals surface area contributed by atoms with Gasteiger partial charge in [-0.05, 0) is 6.92 Å². The fourth-order valence-electron chi connectivity index (χ4n) is 1.74. The first kappa shape index (κ1) is 10.8. The predicted molar refractivity (Wildman–Crippen MR) is 58.2 cm³/mol. The maximum absolute atomic E-state index is 12.0. The van der Waals surface area contributed by atoms with Crippen molar-refractivity contribution in [1.29, 1.82) is 0 Å². The first-order chi connectivity index (χ1) is 7.66. The van der Waals surface area contributed by atoms with Crippen molar-refractivity contribution in [3.8, 4) is 0 Å². The molecule has 2 rings (SSSR count). The van der Waals surface area contributed by atoms with Crippen LogP contribution in [-0.2, 0) is 0 Å². The molecule has 1 amide bonds. The van der Waals surface area contributed by atoms with Crippen LogP contribution in [0.25, 0.3) is 0 Å². The largest absolute Gasteiger partial charge is 0.334 e. The second kappa shape index (κ2) is 4.44. The molecule has 0 bridgehead atoms. The summed E-state index contributed by atoms with van der Waals surface area (Å²) in [6, 6.07) is 0.292. The van der Waals surface area contributed by atoms with Crippen molar-refractivity contribution in [2.24, 2.45) is 0 Å². The van der Waals surface area contributed by atoms with Gasteiger partial charge in [0, 0.05) is 31.9 Å². The van der Waals surface area contributed by atoms with Crippen LogP contribution in [0.15, 0.2) is 17.2 Å². The highest BCUT2D eigenvalue weighted by atomic mass is 16.2. The van der Waals surface area contributed by atoms with Crippen molar-refractivity contribution in [2.75, 3.05) is 19.6 Å². The van der Waals surface area contributed by atoms with Crippen LogP contribution in [0.3, 0.4) is 0 Å². The molecule has 1 aliphatic heterocycles. The number of hydrogen-bond donors (Lipinski definition) is 2. The van der Waals surface area contributed by atoms with Crippen LogP contribution in [0.1, 0.15) is 17.4 Å². The fraction of sp³-hybridized carbons (Fsp3) is 0.500. The lowest BCUT2D eigenvalue weighted by molar-refractivity contribution is 0.0702. The number of nitrogens with zero attached hydrogens (tertiary/aromatic N) is 2. The number of amides is 1. The van der Waals surface area contributed by atoms with Gasteiger partial charge in [0.15, 0.2) is 0 Å². The Balaban J connectivity index is 2.12. The van der Waals surface area contributed by atoms with Crippen molar-refractivity contribution in [3.63, 3.8) is 0 Å². The molecule has 6 nitrogen and oxygen atoms in total. The molecular formula is C10H14N4O2. The number of aromatic amines is 1. The van der Waals surface area contributed by atoms with E-state index in [0.29, 0.717) is 19.1 Å².